The van der Waals surface area contributed by atoms with Crippen molar-refractivity contribution in [3.63, 3.8) is 0 Å². The Labute approximate surface area is 165 Å². The molecule has 0 unspecified atom stereocenters. The van der Waals surface area contributed by atoms with Crippen LogP contribution >= 0.6 is 23.2 Å². The van der Waals surface area contributed by atoms with Gasteiger partial charge in [-0.05, 0) is 31.5 Å². The summed E-state index contributed by atoms with van der Waals surface area (Å²) in [5.74, 6) is 1.31. The van der Waals surface area contributed by atoms with Crippen LogP contribution in [0.2, 0.25) is 0 Å². The van der Waals surface area contributed by atoms with Gasteiger partial charge in [0.25, 0.3) is 0 Å². The summed E-state index contributed by atoms with van der Waals surface area (Å²) in [6.45, 7) is 3.79. The molecule has 0 atom stereocenters. The van der Waals surface area contributed by atoms with Crippen molar-refractivity contribution in [1.29, 1.82) is 0 Å². The highest BCUT2D eigenvalue weighted by Crippen LogP contribution is 2.30. The van der Waals surface area contributed by atoms with E-state index < -0.39 is 0 Å². The van der Waals surface area contributed by atoms with Gasteiger partial charge in [0.15, 0.2) is 0 Å². The number of aromatic nitrogens is 1. The highest BCUT2D eigenvalue weighted by atomic mass is 35.5. The molecule has 0 amide bonds. The van der Waals surface area contributed by atoms with Crippen LogP contribution in [-0.4, -0.2) is 47.8 Å². The lowest BCUT2D eigenvalue weighted by molar-refractivity contribution is 0.301. The van der Waals surface area contributed by atoms with Crippen LogP contribution in [0.1, 0.15) is 12.8 Å². The smallest absolute Gasteiger partial charge is 0.0730 e. The number of anilines is 1. The highest BCUT2D eigenvalue weighted by Gasteiger charge is 2.08. The minimum atomic E-state index is 0.657. The first-order valence-electron chi connectivity index (χ1n) is 9.19. The Morgan fingerprint density at radius 1 is 0.769 bits per heavy atom. The lowest BCUT2D eigenvalue weighted by atomic mass is 10.1. The molecule has 0 radical (unpaired) electrons. The quantitative estimate of drug-likeness (QED) is 0.287. The number of nitrogens with zero attached hydrogens (tertiary/aromatic N) is 2. The van der Waals surface area contributed by atoms with E-state index in [4.69, 9.17) is 28.2 Å². The molecule has 3 rings (SSSR count). The third kappa shape index (κ3) is 4.79. The van der Waals surface area contributed by atoms with Crippen molar-refractivity contribution in [2.24, 2.45) is 0 Å². The minimum Gasteiger partial charge on any atom is -0.384 e. The van der Waals surface area contributed by atoms with Gasteiger partial charge in [0.2, 0.25) is 0 Å². The molecule has 0 bridgehead atoms. The molecule has 0 saturated carbocycles. The predicted octanol–water partition coefficient (Wildman–Crippen LogP) is 5.36. The average Bonchev–Trinajstić information content (AvgIpc) is 2.67. The molecule has 0 aliphatic rings. The second-order valence-electron chi connectivity index (χ2n) is 6.37. The molecular weight excluding hydrogens is 365 g/mol. The summed E-state index contributed by atoms with van der Waals surface area (Å²) in [6.07, 6.45) is 2.23. The summed E-state index contributed by atoms with van der Waals surface area (Å²) in [4.78, 5) is 7.11. The molecule has 0 spiro atoms. The molecule has 138 valence electrons. The lowest BCUT2D eigenvalue weighted by Crippen LogP contribution is -2.29. The molecule has 2 aromatic carbocycles. The molecule has 26 heavy (non-hydrogen) atoms. The van der Waals surface area contributed by atoms with Gasteiger partial charge in [0.05, 0.1) is 16.7 Å². The number of para-hydroxylation sites is 2. The Bertz CT molecular complexity index is 778. The van der Waals surface area contributed by atoms with Gasteiger partial charge >= 0.3 is 0 Å². The zero-order valence-corrected chi connectivity index (χ0v) is 16.4. The van der Waals surface area contributed by atoms with Crippen molar-refractivity contribution in [1.82, 2.24) is 9.88 Å². The number of unbranched alkanes of at least 4 members (excludes halogenated alkanes) is 1. The first-order valence-corrected chi connectivity index (χ1v) is 10.3. The largest absolute Gasteiger partial charge is 0.384 e. The van der Waals surface area contributed by atoms with E-state index in [2.05, 4.69) is 46.6 Å². The van der Waals surface area contributed by atoms with E-state index >= 15 is 0 Å². The first kappa shape index (κ1) is 19.2. The second kappa shape index (κ2) is 9.96. The summed E-state index contributed by atoms with van der Waals surface area (Å²) in [5, 5.41) is 6.01. The molecule has 3 aromatic rings. The van der Waals surface area contributed by atoms with Crippen LogP contribution in [0, 0.1) is 0 Å². The van der Waals surface area contributed by atoms with Crippen molar-refractivity contribution in [3.05, 3.63) is 48.5 Å². The van der Waals surface area contributed by atoms with Gasteiger partial charge in [0.1, 0.15) is 0 Å². The Kier molecular flexibility index (Phi) is 7.36. The standard InChI is InChI=1S/C21H25Cl2N3/c22-11-15-26(16-12-23)14-6-5-13-24-21-17-7-1-3-9-19(17)25-20-10-4-2-8-18(20)21/h1-4,7-10H,5-6,11-16H2,(H,24,25). The predicted molar refractivity (Wildman–Crippen MR) is 115 cm³/mol. The van der Waals surface area contributed by atoms with E-state index in [1.165, 1.54) is 16.5 Å². The van der Waals surface area contributed by atoms with E-state index in [1.807, 2.05) is 12.1 Å². The van der Waals surface area contributed by atoms with E-state index in [9.17, 15) is 0 Å². The van der Waals surface area contributed by atoms with Crippen molar-refractivity contribution in [3.8, 4) is 0 Å². The summed E-state index contributed by atoms with van der Waals surface area (Å²) >= 11 is 11.7. The molecule has 0 saturated heterocycles. The maximum atomic E-state index is 5.86. The maximum absolute atomic E-state index is 5.86. The molecule has 3 nitrogen and oxygen atoms in total. The second-order valence-corrected chi connectivity index (χ2v) is 7.13. The highest BCUT2D eigenvalue weighted by molar-refractivity contribution is 6.18. The molecule has 0 aliphatic heterocycles. The van der Waals surface area contributed by atoms with Crippen molar-refractivity contribution < 1.29 is 0 Å². The van der Waals surface area contributed by atoms with Crippen LogP contribution < -0.4 is 5.32 Å². The number of alkyl halides is 2. The van der Waals surface area contributed by atoms with Crippen molar-refractivity contribution in [2.45, 2.75) is 12.8 Å². The van der Waals surface area contributed by atoms with Gasteiger partial charge in [-0.1, -0.05) is 36.4 Å². The fraction of sp³-hybridized carbons (Fsp3) is 0.381. The van der Waals surface area contributed by atoms with Crippen LogP contribution in [0.15, 0.2) is 48.5 Å². The lowest BCUT2D eigenvalue weighted by Gasteiger charge is -2.20. The van der Waals surface area contributed by atoms with Crippen LogP contribution in [0.4, 0.5) is 5.69 Å². The van der Waals surface area contributed by atoms with Gasteiger partial charge in [-0.3, -0.25) is 0 Å². The number of benzene rings is 2. The summed E-state index contributed by atoms with van der Waals surface area (Å²) in [5.41, 5.74) is 3.25. The molecule has 0 fully saturated rings. The molecule has 1 aromatic heterocycles. The van der Waals surface area contributed by atoms with Gasteiger partial charge in [0, 0.05) is 42.2 Å². The fourth-order valence-electron chi connectivity index (χ4n) is 3.28. The first-order chi connectivity index (χ1) is 12.8. The number of hydrogen-bond acceptors (Lipinski definition) is 3. The van der Waals surface area contributed by atoms with Gasteiger partial charge in [-0.15, -0.1) is 23.2 Å². The van der Waals surface area contributed by atoms with Crippen molar-refractivity contribution in [2.75, 3.05) is 43.3 Å². The van der Waals surface area contributed by atoms with Crippen LogP contribution in [0.25, 0.3) is 21.8 Å². The molecule has 1 heterocycles. The number of pyridine rings is 1. The fourth-order valence-corrected chi connectivity index (χ4v) is 3.76. The molecule has 0 aliphatic carbocycles. The Balaban J connectivity index is 1.66. The number of halogens is 2. The Morgan fingerprint density at radius 2 is 1.35 bits per heavy atom. The van der Waals surface area contributed by atoms with E-state index in [-0.39, 0.29) is 0 Å². The molecule has 5 heteroatoms. The molecule has 1 N–H and O–H groups in total. The van der Waals surface area contributed by atoms with E-state index in [1.54, 1.807) is 0 Å². The number of rotatable bonds is 10. The normalized spacial score (nSPS) is 11.5. The Morgan fingerprint density at radius 3 is 1.92 bits per heavy atom. The number of nitrogens with one attached hydrogen (secondary N) is 1. The summed E-state index contributed by atoms with van der Waals surface area (Å²) in [7, 11) is 0. The van der Waals surface area contributed by atoms with Gasteiger partial charge in [-0.2, -0.15) is 0 Å². The van der Waals surface area contributed by atoms with E-state index in [0.717, 1.165) is 50.1 Å². The van der Waals surface area contributed by atoms with Gasteiger partial charge in [-0.25, -0.2) is 4.98 Å². The number of fused-ring (bicyclic) bond motifs is 2. The minimum absolute atomic E-state index is 0.657. The summed E-state index contributed by atoms with van der Waals surface area (Å²) < 4.78 is 0. The van der Waals surface area contributed by atoms with Crippen LogP contribution in [0.5, 0.6) is 0 Å². The maximum Gasteiger partial charge on any atom is 0.0730 e. The molecular formula is C21H25Cl2N3. The monoisotopic (exact) mass is 389 g/mol. The zero-order chi connectivity index (χ0) is 18.2. The van der Waals surface area contributed by atoms with Crippen molar-refractivity contribution >= 4 is 50.7 Å². The Hall–Kier alpha value is -1.55. The van der Waals surface area contributed by atoms with Crippen LogP contribution in [0.3, 0.4) is 0 Å². The topological polar surface area (TPSA) is 28.2 Å². The third-order valence-electron chi connectivity index (χ3n) is 4.59. The zero-order valence-electron chi connectivity index (χ0n) is 14.9. The van der Waals surface area contributed by atoms with E-state index in [0.29, 0.717) is 11.8 Å². The SMILES string of the molecule is ClCCN(CCCl)CCCCNc1c2ccccc2nc2ccccc12. The average molecular weight is 390 g/mol. The third-order valence-corrected chi connectivity index (χ3v) is 4.93. The number of hydrogen-bond donors (Lipinski definition) is 1. The van der Waals surface area contributed by atoms with Crippen LogP contribution in [-0.2, 0) is 0 Å². The summed E-state index contributed by atoms with van der Waals surface area (Å²) in [6, 6.07) is 16.6. The van der Waals surface area contributed by atoms with Gasteiger partial charge < -0.3 is 10.2 Å².